The summed E-state index contributed by atoms with van der Waals surface area (Å²) >= 11 is 6.09. The number of rotatable bonds is 8. The number of hydrogen-bond donors (Lipinski definition) is 2. The monoisotopic (exact) mass is 462 g/mol. The van der Waals surface area contributed by atoms with Crippen LogP contribution in [0.15, 0.2) is 71.6 Å². The van der Waals surface area contributed by atoms with E-state index in [0.29, 0.717) is 11.4 Å². The number of aryl methyl sites for hydroxylation is 1. The molecule has 1 amide bonds. The molecule has 0 saturated heterocycles. The molecule has 0 aromatic heterocycles. The molecule has 0 saturated carbocycles. The van der Waals surface area contributed by atoms with Crippen molar-refractivity contribution in [2.75, 3.05) is 17.9 Å². The van der Waals surface area contributed by atoms with Gasteiger partial charge in [-0.05, 0) is 61.5 Å². The Kier molecular flexibility index (Phi) is 7.14. The molecule has 3 rings (SSSR count). The summed E-state index contributed by atoms with van der Waals surface area (Å²) in [5.74, 6) is -0.380. The van der Waals surface area contributed by atoms with Gasteiger partial charge in [0.15, 0.2) is 0 Å². The third-order valence-corrected chi connectivity index (χ3v) is 6.12. The zero-order chi connectivity index (χ0) is 22.4. The number of carbonyl (C=O) groups excluding carboxylic acids is 1. The average Bonchev–Trinajstić information content (AvgIpc) is 2.74. The van der Waals surface area contributed by atoms with Crippen LogP contribution in [0.25, 0.3) is 0 Å². The minimum absolute atomic E-state index is 0.00388. The third-order valence-electron chi connectivity index (χ3n) is 4.26. The van der Waals surface area contributed by atoms with Crippen LogP contribution in [0, 0.1) is 12.7 Å². The molecule has 0 aliphatic heterocycles. The number of anilines is 1. The summed E-state index contributed by atoms with van der Waals surface area (Å²) in [5, 5.41) is 2.63. The number of benzene rings is 3. The second-order valence-electron chi connectivity index (χ2n) is 6.68. The second kappa shape index (κ2) is 9.80. The molecule has 0 heterocycles. The van der Waals surface area contributed by atoms with Crippen LogP contribution >= 0.6 is 11.6 Å². The zero-order valence-corrected chi connectivity index (χ0v) is 18.1. The lowest BCUT2D eigenvalue weighted by atomic mass is 10.2. The normalized spacial score (nSPS) is 11.1. The van der Waals surface area contributed by atoms with Gasteiger partial charge in [0.2, 0.25) is 0 Å². The molecule has 0 radical (unpaired) electrons. The Morgan fingerprint density at radius 3 is 2.39 bits per heavy atom. The summed E-state index contributed by atoms with van der Waals surface area (Å²) in [5.41, 5.74) is 1.51. The number of ether oxygens (including phenoxy) is 1. The first-order valence-corrected chi connectivity index (χ1v) is 11.2. The van der Waals surface area contributed by atoms with E-state index >= 15 is 0 Å². The van der Waals surface area contributed by atoms with E-state index in [9.17, 15) is 17.6 Å². The molecule has 3 aromatic carbocycles. The molecule has 2 N–H and O–H groups in total. The molecular weight excluding hydrogens is 443 g/mol. The van der Waals surface area contributed by atoms with E-state index in [1.165, 1.54) is 42.5 Å². The summed E-state index contributed by atoms with van der Waals surface area (Å²) in [4.78, 5) is 12.2. The predicted molar refractivity (Wildman–Crippen MR) is 118 cm³/mol. The lowest BCUT2D eigenvalue weighted by molar-refractivity contribution is 0.0947. The van der Waals surface area contributed by atoms with Crippen LogP contribution < -0.4 is 14.8 Å². The number of amides is 1. The summed E-state index contributed by atoms with van der Waals surface area (Å²) in [6.07, 6.45) is 0. The van der Waals surface area contributed by atoms with Gasteiger partial charge in [0.05, 0.1) is 11.6 Å². The lowest BCUT2D eigenvalue weighted by Crippen LogP contribution is -2.28. The van der Waals surface area contributed by atoms with Gasteiger partial charge in [-0.1, -0.05) is 29.3 Å². The Bertz CT molecular complexity index is 1170. The highest BCUT2D eigenvalue weighted by Crippen LogP contribution is 2.25. The Morgan fingerprint density at radius 1 is 1.03 bits per heavy atom. The van der Waals surface area contributed by atoms with Crippen molar-refractivity contribution < 1.29 is 22.3 Å². The van der Waals surface area contributed by atoms with Crippen LogP contribution in [-0.2, 0) is 10.0 Å². The van der Waals surface area contributed by atoms with Crippen molar-refractivity contribution in [1.82, 2.24) is 5.32 Å². The Labute approximate surface area is 185 Å². The van der Waals surface area contributed by atoms with Gasteiger partial charge in [-0.2, -0.15) is 0 Å². The number of sulfonamides is 1. The number of nitrogens with one attached hydrogen (secondary N) is 2. The molecule has 0 fully saturated rings. The van der Waals surface area contributed by atoms with Crippen LogP contribution in [-0.4, -0.2) is 27.5 Å². The predicted octanol–water partition coefficient (Wildman–Crippen LogP) is 4.40. The van der Waals surface area contributed by atoms with E-state index in [2.05, 4.69) is 10.0 Å². The van der Waals surface area contributed by atoms with E-state index < -0.39 is 15.9 Å². The fourth-order valence-electron chi connectivity index (χ4n) is 2.65. The van der Waals surface area contributed by atoms with Crippen LogP contribution in [0.1, 0.15) is 15.9 Å². The van der Waals surface area contributed by atoms with Gasteiger partial charge in [-0.25, -0.2) is 12.8 Å². The third kappa shape index (κ3) is 6.19. The molecule has 0 atom stereocenters. The molecule has 0 unspecified atom stereocenters. The maximum atomic E-state index is 12.9. The maximum Gasteiger partial charge on any atom is 0.263 e. The quantitative estimate of drug-likeness (QED) is 0.486. The largest absolute Gasteiger partial charge is 0.492 e. The van der Waals surface area contributed by atoms with E-state index in [1.807, 2.05) is 6.92 Å². The summed E-state index contributed by atoms with van der Waals surface area (Å²) < 4.78 is 46.2. The SMILES string of the molecule is Cc1ccc(NS(=O)(=O)c2cc(C(=O)NCCOc3ccc(F)cc3)ccc2Cl)cc1. The van der Waals surface area contributed by atoms with Crippen LogP contribution in [0.3, 0.4) is 0 Å². The zero-order valence-electron chi connectivity index (χ0n) is 16.6. The standard InChI is InChI=1S/C22H20ClFN2O4S/c1-15-2-7-18(8-3-15)26-31(28,29)21-14-16(4-11-20(21)23)22(27)25-12-13-30-19-9-5-17(24)6-10-19/h2-11,14,26H,12-13H2,1H3,(H,25,27). The van der Waals surface area contributed by atoms with E-state index in [-0.39, 0.29) is 34.5 Å². The summed E-state index contributed by atoms with van der Waals surface area (Å²) in [6, 6.07) is 16.3. The maximum absolute atomic E-state index is 12.9. The average molecular weight is 463 g/mol. The van der Waals surface area contributed by atoms with Crippen molar-refractivity contribution in [3.8, 4) is 5.75 Å². The minimum Gasteiger partial charge on any atom is -0.492 e. The van der Waals surface area contributed by atoms with Crippen LogP contribution in [0.5, 0.6) is 5.75 Å². The van der Waals surface area contributed by atoms with E-state index in [0.717, 1.165) is 5.56 Å². The topological polar surface area (TPSA) is 84.5 Å². The van der Waals surface area contributed by atoms with Gasteiger partial charge in [-0.3, -0.25) is 9.52 Å². The molecule has 31 heavy (non-hydrogen) atoms. The fourth-order valence-corrected chi connectivity index (χ4v) is 4.23. The molecule has 162 valence electrons. The molecule has 3 aromatic rings. The number of halogens is 2. The molecule has 0 aliphatic rings. The van der Waals surface area contributed by atoms with Gasteiger partial charge in [0.1, 0.15) is 23.1 Å². The molecule has 9 heteroatoms. The van der Waals surface area contributed by atoms with Gasteiger partial charge >= 0.3 is 0 Å². The first-order valence-electron chi connectivity index (χ1n) is 9.30. The van der Waals surface area contributed by atoms with Crippen molar-refractivity contribution in [3.63, 3.8) is 0 Å². The minimum atomic E-state index is -3.99. The van der Waals surface area contributed by atoms with Crippen molar-refractivity contribution in [2.24, 2.45) is 0 Å². The Hall–Kier alpha value is -3.10. The molecular formula is C22H20ClFN2O4S. The number of hydrogen-bond acceptors (Lipinski definition) is 4. The van der Waals surface area contributed by atoms with Crippen molar-refractivity contribution in [2.45, 2.75) is 11.8 Å². The molecule has 6 nitrogen and oxygen atoms in total. The Morgan fingerprint density at radius 2 is 1.71 bits per heavy atom. The molecule has 0 spiro atoms. The first kappa shape index (κ1) is 22.6. The molecule has 0 bridgehead atoms. The smallest absolute Gasteiger partial charge is 0.263 e. The van der Waals surface area contributed by atoms with Crippen LogP contribution in [0.4, 0.5) is 10.1 Å². The van der Waals surface area contributed by atoms with E-state index in [1.54, 1.807) is 24.3 Å². The highest BCUT2D eigenvalue weighted by Gasteiger charge is 2.20. The van der Waals surface area contributed by atoms with Crippen LogP contribution in [0.2, 0.25) is 5.02 Å². The van der Waals surface area contributed by atoms with Crippen molar-refractivity contribution in [3.05, 3.63) is 88.7 Å². The fraction of sp³-hybridized carbons (Fsp3) is 0.136. The lowest BCUT2D eigenvalue weighted by Gasteiger charge is -2.12. The van der Waals surface area contributed by atoms with Crippen molar-refractivity contribution >= 4 is 33.2 Å². The molecule has 0 aliphatic carbocycles. The Balaban J connectivity index is 1.64. The van der Waals surface area contributed by atoms with E-state index in [4.69, 9.17) is 16.3 Å². The van der Waals surface area contributed by atoms with Crippen molar-refractivity contribution in [1.29, 1.82) is 0 Å². The van der Waals surface area contributed by atoms with Gasteiger partial charge in [-0.15, -0.1) is 0 Å². The summed E-state index contributed by atoms with van der Waals surface area (Å²) in [6.45, 7) is 2.22. The second-order valence-corrected chi connectivity index (χ2v) is 8.73. The summed E-state index contributed by atoms with van der Waals surface area (Å²) in [7, 11) is -3.99. The van der Waals surface area contributed by atoms with Gasteiger partial charge < -0.3 is 10.1 Å². The van der Waals surface area contributed by atoms with Gasteiger partial charge in [0.25, 0.3) is 15.9 Å². The first-order chi connectivity index (χ1) is 14.7. The highest BCUT2D eigenvalue weighted by molar-refractivity contribution is 7.92. The highest BCUT2D eigenvalue weighted by atomic mass is 35.5. The number of carbonyl (C=O) groups is 1. The van der Waals surface area contributed by atoms with Gasteiger partial charge in [0, 0.05) is 11.3 Å².